The highest BCUT2D eigenvalue weighted by molar-refractivity contribution is 7.15. The first-order valence-electron chi connectivity index (χ1n) is 10.7. The minimum atomic E-state index is 0.717. The summed E-state index contributed by atoms with van der Waals surface area (Å²) >= 11 is 7.94. The van der Waals surface area contributed by atoms with Gasteiger partial charge in [-0.3, -0.25) is 4.57 Å². The number of aromatic nitrogens is 3. The van der Waals surface area contributed by atoms with Gasteiger partial charge in [-0.15, -0.1) is 21.5 Å². The molecule has 5 rings (SSSR count). The van der Waals surface area contributed by atoms with Gasteiger partial charge in [0, 0.05) is 27.6 Å². The lowest BCUT2D eigenvalue weighted by atomic mass is 10.00. The number of hydrogen-bond donors (Lipinski definition) is 0. The van der Waals surface area contributed by atoms with Crippen molar-refractivity contribution >= 4 is 34.6 Å². The molecule has 1 aliphatic rings. The topological polar surface area (TPSA) is 46.3 Å². The summed E-state index contributed by atoms with van der Waals surface area (Å²) in [5.74, 6) is 1.63. The Labute approximate surface area is 197 Å². The maximum Gasteiger partial charge on any atom is 0.253 e. The number of rotatable bonds is 5. The van der Waals surface area contributed by atoms with E-state index in [0.717, 1.165) is 53.0 Å². The van der Waals surface area contributed by atoms with Crippen molar-refractivity contribution in [2.45, 2.75) is 33.6 Å². The van der Waals surface area contributed by atoms with E-state index in [-0.39, 0.29) is 0 Å². The molecule has 0 saturated heterocycles. The second kappa shape index (κ2) is 8.52. The summed E-state index contributed by atoms with van der Waals surface area (Å²) in [7, 11) is 0. The van der Waals surface area contributed by atoms with E-state index >= 15 is 0 Å². The van der Waals surface area contributed by atoms with Crippen LogP contribution in [0.3, 0.4) is 0 Å². The Bertz CT molecular complexity index is 1290. The molecule has 0 aliphatic carbocycles. The minimum Gasteiger partial charge on any atom is -0.254 e. The lowest BCUT2D eigenvalue weighted by Gasteiger charge is -2.18. The predicted octanol–water partition coefficient (Wildman–Crippen LogP) is 6.11. The van der Waals surface area contributed by atoms with Gasteiger partial charge in [-0.1, -0.05) is 54.1 Å². The summed E-state index contributed by atoms with van der Waals surface area (Å²) in [5, 5.41) is 17.9. The number of nitrogens with zero attached hydrogens (tertiary/aromatic N) is 5. The van der Waals surface area contributed by atoms with Crippen LogP contribution in [0.2, 0.25) is 5.02 Å². The molecule has 162 valence electrons. The molecular formula is C25H24ClN5S. The molecule has 3 heterocycles. The fraction of sp³-hybridized carbons (Fsp3) is 0.240. The largest absolute Gasteiger partial charge is 0.254 e. The molecule has 0 N–H and O–H groups in total. The smallest absolute Gasteiger partial charge is 0.253 e. The Morgan fingerprint density at radius 2 is 1.69 bits per heavy atom. The van der Waals surface area contributed by atoms with E-state index in [4.69, 9.17) is 16.7 Å². The van der Waals surface area contributed by atoms with Gasteiger partial charge in [-0.25, -0.2) is 5.01 Å². The zero-order chi connectivity index (χ0) is 22.2. The highest BCUT2D eigenvalue weighted by atomic mass is 35.5. The predicted molar refractivity (Wildman–Crippen MR) is 133 cm³/mol. The van der Waals surface area contributed by atoms with E-state index in [2.05, 4.69) is 58.9 Å². The van der Waals surface area contributed by atoms with E-state index in [1.165, 1.54) is 16.0 Å². The molecule has 0 amide bonds. The van der Waals surface area contributed by atoms with Gasteiger partial charge in [-0.2, -0.15) is 5.10 Å². The second-order valence-electron chi connectivity index (χ2n) is 8.01. The number of hydrogen-bond acceptors (Lipinski definition) is 5. The molecule has 0 unspecified atom stereocenters. The third kappa shape index (κ3) is 3.74. The van der Waals surface area contributed by atoms with E-state index in [0.29, 0.717) is 5.02 Å². The van der Waals surface area contributed by atoms with Gasteiger partial charge < -0.3 is 0 Å². The van der Waals surface area contributed by atoms with E-state index in [1.807, 2.05) is 36.2 Å². The van der Waals surface area contributed by atoms with Crippen LogP contribution in [0.5, 0.6) is 0 Å². The number of benzene rings is 2. The Morgan fingerprint density at radius 3 is 2.44 bits per heavy atom. The van der Waals surface area contributed by atoms with E-state index in [9.17, 15) is 0 Å². The maximum atomic E-state index is 6.18. The number of aryl methyl sites for hydroxylation is 3. The minimum absolute atomic E-state index is 0.717. The summed E-state index contributed by atoms with van der Waals surface area (Å²) < 4.78 is 2.15. The molecule has 0 saturated carbocycles. The van der Waals surface area contributed by atoms with Crippen molar-refractivity contribution in [3.8, 4) is 5.00 Å². The van der Waals surface area contributed by atoms with Gasteiger partial charge in [0.15, 0.2) is 0 Å². The van der Waals surface area contributed by atoms with Gasteiger partial charge in [0.1, 0.15) is 16.5 Å². The van der Waals surface area contributed by atoms with Gasteiger partial charge in [-0.05, 0) is 56.9 Å². The van der Waals surface area contributed by atoms with Crippen molar-refractivity contribution in [1.82, 2.24) is 14.8 Å². The first-order chi connectivity index (χ1) is 15.5. The van der Waals surface area contributed by atoms with Crippen LogP contribution in [0.1, 0.15) is 39.4 Å². The zero-order valence-electron chi connectivity index (χ0n) is 18.3. The van der Waals surface area contributed by atoms with Crippen LogP contribution in [-0.4, -0.2) is 27.0 Å². The molecule has 2 aromatic heterocycles. The van der Waals surface area contributed by atoms with Crippen molar-refractivity contribution in [2.75, 3.05) is 11.6 Å². The normalized spacial score (nSPS) is 12.9. The highest BCUT2D eigenvalue weighted by Crippen LogP contribution is 2.38. The summed E-state index contributed by atoms with van der Waals surface area (Å²) in [6, 6.07) is 18.5. The van der Waals surface area contributed by atoms with Crippen LogP contribution in [0.15, 0.2) is 59.7 Å². The highest BCUT2D eigenvalue weighted by Gasteiger charge is 2.29. The number of fused-ring (bicyclic) bond motifs is 3. The van der Waals surface area contributed by atoms with Crippen LogP contribution in [0.25, 0.3) is 5.00 Å². The molecule has 0 spiro atoms. The molecule has 0 atom stereocenters. The quantitative estimate of drug-likeness (QED) is 0.360. The molecule has 7 heteroatoms. The first kappa shape index (κ1) is 20.9. The molecule has 0 radical (unpaired) electrons. The average Bonchev–Trinajstić information content (AvgIpc) is 3.27. The van der Waals surface area contributed by atoms with Crippen molar-refractivity contribution in [3.05, 3.63) is 92.6 Å². The third-order valence-electron chi connectivity index (χ3n) is 5.86. The Hall–Kier alpha value is -2.96. The van der Waals surface area contributed by atoms with Crippen molar-refractivity contribution in [1.29, 1.82) is 0 Å². The number of halogens is 1. The molecule has 1 aliphatic heterocycles. The molecule has 0 bridgehead atoms. The van der Waals surface area contributed by atoms with Crippen molar-refractivity contribution in [2.24, 2.45) is 5.10 Å². The van der Waals surface area contributed by atoms with Crippen LogP contribution in [0.4, 0.5) is 5.95 Å². The third-order valence-corrected chi connectivity index (χ3v) is 7.31. The summed E-state index contributed by atoms with van der Waals surface area (Å²) in [6.45, 7) is 7.07. The molecular weight excluding hydrogens is 438 g/mol. The van der Waals surface area contributed by atoms with Gasteiger partial charge in [0.25, 0.3) is 5.95 Å². The van der Waals surface area contributed by atoms with Crippen LogP contribution >= 0.6 is 22.9 Å². The van der Waals surface area contributed by atoms with Crippen molar-refractivity contribution < 1.29 is 0 Å². The lowest BCUT2D eigenvalue weighted by Crippen LogP contribution is -2.22. The fourth-order valence-electron chi connectivity index (χ4n) is 4.05. The summed E-state index contributed by atoms with van der Waals surface area (Å²) in [4.78, 5) is 1.27. The fourth-order valence-corrected chi connectivity index (χ4v) is 5.38. The van der Waals surface area contributed by atoms with Crippen molar-refractivity contribution in [3.63, 3.8) is 0 Å². The summed E-state index contributed by atoms with van der Waals surface area (Å²) in [6.07, 6.45) is 1.94. The number of thiophene rings is 1. The zero-order valence-corrected chi connectivity index (χ0v) is 19.9. The summed E-state index contributed by atoms with van der Waals surface area (Å²) in [5.41, 5.74) is 5.70. The van der Waals surface area contributed by atoms with Gasteiger partial charge in [0.2, 0.25) is 0 Å². The second-order valence-corrected chi connectivity index (χ2v) is 9.65. The van der Waals surface area contributed by atoms with Crippen LogP contribution < -0.4 is 5.01 Å². The monoisotopic (exact) mass is 461 g/mol. The Morgan fingerprint density at radius 1 is 0.938 bits per heavy atom. The van der Waals surface area contributed by atoms with E-state index < -0.39 is 0 Å². The van der Waals surface area contributed by atoms with Crippen LogP contribution in [0, 0.1) is 20.8 Å². The molecule has 0 fully saturated rings. The lowest BCUT2D eigenvalue weighted by molar-refractivity contribution is 0.729. The van der Waals surface area contributed by atoms with E-state index in [1.54, 1.807) is 11.3 Å². The molecule has 5 nitrogen and oxygen atoms in total. The first-order valence-corrected chi connectivity index (χ1v) is 11.9. The molecule has 4 aromatic rings. The number of hydrazone groups is 1. The Kier molecular flexibility index (Phi) is 5.57. The van der Waals surface area contributed by atoms with Crippen LogP contribution in [-0.2, 0) is 6.42 Å². The van der Waals surface area contributed by atoms with Gasteiger partial charge in [0.05, 0.1) is 0 Å². The molecule has 32 heavy (non-hydrogen) atoms. The Balaban J connectivity index is 1.60. The van der Waals surface area contributed by atoms with Gasteiger partial charge >= 0.3 is 0 Å². The number of anilines is 1. The SMILES string of the molecule is Cc1sc2c(c1C)C(c1ccc(Cl)cc1)=NN(CCCc1ccccc1)c1nnc(C)n1-2. The maximum absolute atomic E-state index is 6.18. The molecule has 2 aromatic carbocycles. The standard InChI is InChI=1S/C25H24ClN5S/c1-16-17(2)32-24-22(16)23(20-11-13-21(26)14-12-20)29-30(25-28-27-18(3)31(24)25)15-7-10-19-8-5-4-6-9-19/h4-6,8-9,11-14H,7,10,15H2,1-3H3. The average molecular weight is 462 g/mol.